The third-order valence-electron chi connectivity index (χ3n) is 5.17. The molecular weight excluding hydrogens is 452 g/mol. The summed E-state index contributed by atoms with van der Waals surface area (Å²) in [5, 5.41) is 0.708. The van der Waals surface area contributed by atoms with Crippen molar-refractivity contribution in [1.29, 1.82) is 0 Å². The third-order valence-corrected chi connectivity index (χ3v) is 7.01. The Kier molecular flexibility index (Phi) is 7.83. The lowest BCUT2D eigenvalue weighted by atomic mass is 10.2. The van der Waals surface area contributed by atoms with Crippen LogP contribution in [0.15, 0.2) is 41.9 Å². The first-order valence-corrected chi connectivity index (χ1v) is 11.6. The number of likely N-dealkylation sites (N-methyl/N-ethyl adjacent to an activating group) is 1. The van der Waals surface area contributed by atoms with Gasteiger partial charge in [0, 0.05) is 18.7 Å². The van der Waals surface area contributed by atoms with Crippen LogP contribution in [0.5, 0.6) is 5.75 Å². The van der Waals surface area contributed by atoms with Crippen LogP contribution in [0.3, 0.4) is 0 Å². The van der Waals surface area contributed by atoms with Gasteiger partial charge < -0.3 is 9.64 Å². The highest BCUT2D eigenvalue weighted by Crippen LogP contribution is 2.32. The molecule has 0 saturated heterocycles. The molecule has 2 aromatic heterocycles. The molecule has 0 saturated carbocycles. The number of halogens is 1. The smallest absolute Gasteiger partial charge is 0.260 e. The summed E-state index contributed by atoms with van der Waals surface area (Å²) in [6, 6.07) is 11.5. The number of carbonyl (C=O) groups is 1. The number of anilines is 1. The number of methoxy groups -OCH3 is 1. The van der Waals surface area contributed by atoms with Gasteiger partial charge in [-0.2, -0.15) is 0 Å². The van der Waals surface area contributed by atoms with E-state index in [4.69, 9.17) is 9.72 Å². The number of carbonyl (C=O) groups excluding carboxylic acids is 1. The maximum Gasteiger partial charge on any atom is 0.260 e. The molecule has 0 fully saturated rings. The molecule has 0 N–H and O–H groups in total. The van der Waals surface area contributed by atoms with Crippen LogP contribution in [-0.2, 0) is 0 Å². The minimum Gasteiger partial charge on any atom is -0.497 e. The van der Waals surface area contributed by atoms with Gasteiger partial charge in [-0.15, -0.1) is 23.7 Å². The Morgan fingerprint density at radius 2 is 1.81 bits per heavy atom. The quantitative estimate of drug-likeness (QED) is 0.344. The summed E-state index contributed by atoms with van der Waals surface area (Å²) >= 11 is 3.06. The maximum absolute atomic E-state index is 13.5. The van der Waals surface area contributed by atoms with Gasteiger partial charge in [-0.25, -0.2) is 9.97 Å². The summed E-state index contributed by atoms with van der Waals surface area (Å²) in [7, 11) is 1.65. The zero-order valence-corrected chi connectivity index (χ0v) is 20.1. The van der Waals surface area contributed by atoms with Crippen LogP contribution in [0, 0.1) is 0 Å². The fraction of sp³-hybridized carbons (Fsp3) is 0.318. The van der Waals surface area contributed by atoms with E-state index in [2.05, 4.69) is 23.7 Å². The molecule has 2 heterocycles. The first kappa shape index (κ1) is 23.4. The summed E-state index contributed by atoms with van der Waals surface area (Å²) in [6.45, 7) is 7.54. The molecule has 164 valence electrons. The number of hydrogen-bond acceptors (Lipinski definition) is 7. The molecule has 2 aromatic carbocycles. The zero-order valence-electron chi connectivity index (χ0n) is 17.7. The highest BCUT2D eigenvalue weighted by atomic mass is 35.5. The van der Waals surface area contributed by atoms with E-state index in [1.165, 1.54) is 11.3 Å². The molecule has 31 heavy (non-hydrogen) atoms. The predicted octanol–water partition coefficient (Wildman–Crippen LogP) is 5.33. The maximum atomic E-state index is 13.5. The number of rotatable bonds is 8. The van der Waals surface area contributed by atoms with Crippen LogP contribution in [0.2, 0.25) is 0 Å². The lowest BCUT2D eigenvalue weighted by Crippen LogP contribution is -2.38. The minimum atomic E-state index is -0.0384. The van der Waals surface area contributed by atoms with Gasteiger partial charge in [-0.1, -0.05) is 25.2 Å². The fourth-order valence-electron chi connectivity index (χ4n) is 3.34. The van der Waals surface area contributed by atoms with Crippen molar-refractivity contribution in [2.45, 2.75) is 13.8 Å². The van der Waals surface area contributed by atoms with E-state index in [1.54, 1.807) is 28.9 Å². The summed E-state index contributed by atoms with van der Waals surface area (Å²) in [4.78, 5) is 26.7. The highest BCUT2D eigenvalue weighted by Gasteiger charge is 2.22. The van der Waals surface area contributed by atoms with Crippen molar-refractivity contribution in [2.24, 2.45) is 0 Å². The Hall–Kier alpha value is -2.26. The number of amides is 1. The largest absolute Gasteiger partial charge is 0.497 e. The second-order valence-corrected chi connectivity index (χ2v) is 8.74. The van der Waals surface area contributed by atoms with Crippen molar-refractivity contribution in [1.82, 2.24) is 14.9 Å². The second-order valence-electron chi connectivity index (χ2n) is 6.85. The van der Waals surface area contributed by atoms with E-state index < -0.39 is 0 Å². The molecule has 0 atom stereocenters. The van der Waals surface area contributed by atoms with Crippen molar-refractivity contribution in [3.8, 4) is 5.75 Å². The number of nitrogens with zero attached hydrogens (tertiary/aromatic N) is 4. The Labute approximate surface area is 195 Å². The molecule has 0 aliphatic carbocycles. The van der Waals surface area contributed by atoms with Crippen molar-refractivity contribution in [2.75, 3.05) is 38.2 Å². The van der Waals surface area contributed by atoms with E-state index in [0.29, 0.717) is 17.2 Å². The first-order valence-electron chi connectivity index (χ1n) is 9.95. The predicted molar refractivity (Wildman–Crippen MR) is 133 cm³/mol. The Morgan fingerprint density at radius 1 is 1.03 bits per heavy atom. The molecule has 0 aliphatic rings. The van der Waals surface area contributed by atoms with E-state index in [1.807, 2.05) is 36.4 Å². The fourth-order valence-corrected chi connectivity index (χ4v) is 5.08. The topological polar surface area (TPSA) is 58.6 Å². The molecule has 4 aromatic rings. The van der Waals surface area contributed by atoms with Crippen LogP contribution in [0.1, 0.15) is 24.2 Å². The Morgan fingerprint density at radius 3 is 2.55 bits per heavy atom. The van der Waals surface area contributed by atoms with Gasteiger partial charge in [0.15, 0.2) is 5.13 Å². The van der Waals surface area contributed by atoms with Crippen molar-refractivity contribution in [3.05, 3.63) is 47.5 Å². The van der Waals surface area contributed by atoms with Gasteiger partial charge in [0.2, 0.25) is 0 Å². The number of thiazole rings is 2. The average molecular weight is 477 g/mol. The molecule has 6 nitrogen and oxygen atoms in total. The third kappa shape index (κ3) is 4.98. The number of hydrogen-bond donors (Lipinski definition) is 0. The summed E-state index contributed by atoms with van der Waals surface area (Å²) in [5.41, 5.74) is 4.24. The lowest BCUT2D eigenvalue weighted by Gasteiger charge is -2.24. The van der Waals surface area contributed by atoms with Crippen molar-refractivity contribution in [3.63, 3.8) is 0 Å². The average Bonchev–Trinajstić information content (AvgIpc) is 3.41. The minimum absolute atomic E-state index is 0. The van der Waals surface area contributed by atoms with Gasteiger partial charge in [0.1, 0.15) is 5.75 Å². The molecule has 0 radical (unpaired) electrons. The molecule has 1 amide bonds. The van der Waals surface area contributed by atoms with Gasteiger partial charge in [0.05, 0.1) is 33.1 Å². The number of fused-ring (bicyclic) bond motifs is 2. The monoisotopic (exact) mass is 476 g/mol. The van der Waals surface area contributed by atoms with E-state index >= 15 is 0 Å². The van der Waals surface area contributed by atoms with Gasteiger partial charge >= 0.3 is 0 Å². The normalized spacial score (nSPS) is 11.1. The number of aromatic nitrogens is 2. The van der Waals surface area contributed by atoms with E-state index in [9.17, 15) is 4.79 Å². The molecule has 0 unspecified atom stereocenters. The number of benzene rings is 2. The second kappa shape index (κ2) is 10.4. The van der Waals surface area contributed by atoms with Gasteiger partial charge in [-0.3, -0.25) is 9.69 Å². The standard InChI is InChI=1S/C22H24N4O2S2.ClH/c1-4-25(5-2)10-11-26(21(27)15-6-8-17-19(12-15)29-14-23-17)22-24-18-9-7-16(28-3)13-20(18)30-22;/h6-9,12-14H,4-5,10-11H2,1-3H3;1H. The van der Waals surface area contributed by atoms with Crippen LogP contribution in [0.25, 0.3) is 20.4 Å². The molecule has 0 spiro atoms. The first-order chi connectivity index (χ1) is 14.6. The van der Waals surface area contributed by atoms with Crippen LogP contribution in [0.4, 0.5) is 5.13 Å². The van der Waals surface area contributed by atoms with E-state index in [-0.39, 0.29) is 18.3 Å². The zero-order chi connectivity index (χ0) is 21.1. The SMILES string of the molecule is CCN(CC)CCN(C(=O)c1ccc2ncsc2c1)c1nc2ccc(OC)cc2s1.Cl. The number of ether oxygens (including phenoxy) is 1. The van der Waals surface area contributed by atoms with Crippen LogP contribution >= 0.6 is 35.1 Å². The van der Waals surface area contributed by atoms with Crippen molar-refractivity contribution < 1.29 is 9.53 Å². The molecule has 0 aliphatic heterocycles. The molecule has 0 bridgehead atoms. The Bertz CT molecular complexity index is 1170. The molecule has 4 rings (SSSR count). The van der Waals surface area contributed by atoms with Crippen molar-refractivity contribution >= 4 is 66.6 Å². The molecular formula is C22H25ClN4O2S2. The van der Waals surface area contributed by atoms with Crippen LogP contribution < -0.4 is 9.64 Å². The Balaban J connectivity index is 0.00000272. The molecule has 9 heteroatoms. The summed E-state index contributed by atoms with van der Waals surface area (Å²) in [6.07, 6.45) is 0. The van der Waals surface area contributed by atoms with Crippen LogP contribution in [-0.4, -0.2) is 54.1 Å². The van der Waals surface area contributed by atoms with E-state index in [0.717, 1.165) is 45.8 Å². The van der Waals surface area contributed by atoms with Gasteiger partial charge in [0.25, 0.3) is 5.91 Å². The summed E-state index contributed by atoms with van der Waals surface area (Å²) < 4.78 is 7.35. The summed E-state index contributed by atoms with van der Waals surface area (Å²) in [5.74, 6) is 0.748. The highest BCUT2D eigenvalue weighted by molar-refractivity contribution is 7.22. The lowest BCUT2D eigenvalue weighted by molar-refractivity contribution is 0.0984. The van der Waals surface area contributed by atoms with Gasteiger partial charge in [-0.05, 0) is 49.5 Å².